The summed E-state index contributed by atoms with van der Waals surface area (Å²) in [5, 5.41) is 0.829. The average molecular weight is 254 g/mol. The standard InChI is InChI=1S/C14H20ClNO/c1-10(2)12(7-16)14(8-17-9-14)11-5-3-4-6-13(11)15/h3-6,10,12H,7-9,16H2,1-2H3. The van der Waals surface area contributed by atoms with Gasteiger partial charge >= 0.3 is 0 Å². The highest BCUT2D eigenvalue weighted by atomic mass is 35.5. The second-order valence-corrected chi connectivity index (χ2v) is 5.62. The van der Waals surface area contributed by atoms with E-state index in [1.54, 1.807) is 0 Å². The van der Waals surface area contributed by atoms with Crippen molar-refractivity contribution in [2.45, 2.75) is 19.3 Å². The number of halogens is 1. The first-order valence-corrected chi connectivity index (χ1v) is 6.52. The maximum atomic E-state index is 6.33. The molecule has 1 saturated heterocycles. The van der Waals surface area contributed by atoms with Crippen LogP contribution < -0.4 is 5.73 Å². The molecule has 0 bridgehead atoms. The van der Waals surface area contributed by atoms with Gasteiger partial charge in [-0.3, -0.25) is 0 Å². The van der Waals surface area contributed by atoms with Crippen LogP contribution in [0.15, 0.2) is 24.3 Å². The molecule has 94 valence electrons. The van der Waals surface area contributed by atoms with Crippen molar-refractivity contribution in [3.8, 4) is 0 Å². The van der Waals surface area contributed by atoms with Gasteiger partial charge in [0, 0.05) is 10.4 Å². The van der Waals surface area contributed by atoms with Gasteiger partial charge in [-0.2, -0.15) is 0 Å². The molecular weight excluding hydrogens is 234 g/mol. The molecule has 1 fully saturated rings. The van der Waals surface area contributed by atoms with Crippen LogP contribution in [-0.2, 0) is 10.2 Å². The van der Waals surface area contributed by atoms with Crippen molar-refractivity contribution in [1.82, 2.24) is 0 Å². The highest BCUT2D eigenvalue weighted by molar-refractivity contribution is 6.31. The van der Waals surface area contributed by atoms with Gasteiger partial charge in [0.25, 0.3) is 0 Å². The van der Waals surface area contributed by atoms with Crippen LogP contribution in [0.5, 0.6) is 0 Å². The molecule has 0 amide bonds. The summed E-state index contributed by atoms with van der Waals surface area (Å²) in [4.78, 5) is 0. The summed E-state index contributed by atoms with van der Waals surface area (Å²) in [5.41, 5.74) is 7.16. The fourth-order valence-corrected chi connectivity index (χ4v) is 3.22. The van der Waals surface area contributed by atoms with Crippen LogP contribution in [0.3, 0.4) is 0 Å². The normalized spacial score (nSPS) is 20.1. The lowest BCUT2D eigenvalue weighted by atomic mass is 9.64. The zero-order chi connectivity index (χ0) is 12.5. The molecule has 2 nitrogen and oxygen atoms in total. The molecule has 0 aromatic heterocycles. The van der Waals surface area contributed by atoms with E-state index in [0.717, 1.165) is 18.2 Å². The third-order valence-electron chi connectivity index (χ3n) is 3.90. The van der Waals surface area contributed by atoms with E-state index in [1.165, 1.54) is 5.56 Å². The Kier molecular flexibility index (Phi) is 3.76. The maximum Gasteiger partial charge on any atom is 0.0589 e. The second kappa shape index (κ2) is 4.97. The Hall–Kier alpha value is -0.570. The Morgan fingerprint density at radius 2 is 2.00 bits per heavy atom. The molecule has 0 aliphatic carbocycles. The lowest BCUT2D eigenvalue weighted by Crippen LogP contribution is -2.56. The van der Waals surface area contributed by atoms with Crippen LogP contribution in [-0.4, -0.2) is 19.8 Å². The molecule has 0 saturated carbocycles. The first-order valence-electron chi connectivity index (χ1n) is 6.14. The largest absolute Gasteiger partial charge is 0.379 e. The minimum atomic E-state index is 0.0151. The lowest BCUT2D eigenvalue weighted by molar-refractivity contribution is -0.0981. The smallest absolute Gasteiger partial charge is 0.0589 e. The minimum Gasteiger partial charge on any atom is -0.379 e. The molecule has 1 unspecified atom stereocenters. The predicted molar refractivity (Wildman–Crippen MR) is 71.3 cm³/mol. The Balaban J connectivity index is 2.41. The molecule has 17 heavy (non-hydrogen) atoms. The van der Waals surface area contributed by atoms with E-state index < -0.39 is 0 Å². The third kappa shape index (κ3) is 2.10. The Morgan fingerprint density at radius 1 is 1.35 bits per heavy atom. The van der Waals surface area contributed by atoms with Crippen molar-refractivity contribution >= 4 is 11.6 Å². The van der Waals surface area contributed by atoms with E-state index in [1.807, 2.05) is 18.2 Å². The van der Waals surface area contributed by atoms with E-state index in [-0.39, 0.29) is 5.41 Å². The van der Waals surface area contributed by atoms with Gasteiger partial charge in [0.05, 0.1) is 13.2 Å². The van der Waals surface area contributed by atoms with E-state index in [9.17, 15) is 0 Å². The third-order valence-corrected chi connectivity index (χ3v) is 4.23. The molecule has 1 aliphatic rings. The fourth-order valence-electron chi connectivity index (χ4n) is 2.89. The van der Waals surface area contributed by atoms with E-state index in [4.69, 9.17) is 22.1 Å². The summed E-state index contributed by atoms with van der Waals surface area (Å²) in [6, 6.07) is 8.06. The highest BCUT2D eigenvalue weighted by Crippen LogP contribution is 2.44. The van der Waals surface area contributed by atoms with Gasteiger partial charge in [-0.1, -0.05) is 43.6 Å². The van der Waals surface area contributed by atoms with Gasteiger partial charge in [-0.25, -0.2) is 0 Å². The van der Waals surface area contributed by atoms with Crippen molar-refractivity contribution in [3.05, 3.63) is 34.9 Å². The summed E-state index contributed by atoms with van der Waals surface area (Å²) < 4.78 is 5.47. The predicted octanol–water partition coefficient (Wildman–Crippen LogP) is 2.84. The molecule has 0 radical (unpaired) electrons. The number of nitrogens with two attached hydrogens (primary N) is 1. The monoisotopic (exact) mass is 253 g/mol. The van der Waals surface area contributed by atoms with Crippen molar-refractivity contribution in [2.24, 2.45) is 17.6 Å². The summed E-state index contributed by atoms with van der Waals surface area (Å²) in [7, 11) is 0. The summed E-state index contributed by atoms with van der Waals surface area (Å²) >= 11 is 6.33. The van der Waals surface area contributed by atoms with Gasteiger partial charge in [0.1, 0.15) is 0 Å². The van der Waals surface area contributed by atoms with Gasteiger partial charge in [0.15, 0.2) is 0 Å². The van der Waals surface area contributed by atoms with Gasteiger partial charge in [-0.15, -0.1) is 0 Å². The number of ether oxygens (including phenoxy) is 1. The molecule has 1 heterocycles. The molecule has 3 heteroatoms. The topological polar surface area (TPSA) is 35.2 Å². The number of hydrogen-bond donors (Lipinski definition) is 1. The molecule has 2 rings (SSSR count). The van der Waals surface area contributed by atoms with Crippen LogP contribution in [0.4, 0.5) is 0 Å². The highest BCUT2D eigenvalue weighted by Gasteiger charge is 2.48. The van der Waals surface area contributed by atoms with Crippen LogP contribution in [0.25, 0.3) is 0 Å². The summed E-state index contributed by atoms with van der Waals surface area (Å²) in [6.45, 7) is 6.57. The van der Waals surface area contributed by atoms with Crippen molar-refractivity contribution in [3.63, 3.8) is 0 Å². The quantitative estimate of drug-likeness (QED) is 0.896. The Morgan fingerprint density at radius 3 is 2.41 bits per heavy atom. The van der Waals surface area contributed by atoms with E-state index in [0.29, 0.717) is 18.4 Å². The summed E-state index contributed by atoms with van der Waals surface area (Å²) in [5.74, 6) is 0.941. The number of benzene rings is 1. The van der Waals surface area contributed by atoms with Gasteiger partial charge in [0.2, 0.25) is 0 Å². The number of rotatable bonds is 4. The van der Waals surface area contributed by atoms with Gasteiger partial charge in [-0.05, 0) is 30.0 Å². The van der Waals surface area contributed by atoms with Crippen LogP contribution in [0.2, 0.25) is 5.02 Å². The maximum absolute atomic E-state index is 6.33. The van der Waals surface area contributed by atoms with Crippen LogP contribution in [0, 0.1) is 11.8 Å². The average Bonchev–Trinajstić information content (AvgIpc) is 2.24. The molecular formula is C14H20ClNO. The lowest BCUT2D eigenvalue weighted by Gasteiger charge is -2.49. The molecule has 1 aromatic rings. The van der Waals surface area contributed by atoms with Gasteiger partial charge < -0.3 is 10.5 Å². The molecule has 0 spiro atoms. The van der Waals surface area contributed by atoms with Crippen molar-refractivity contribution in [2.75, 3.05) is 19.8 Å². The summed E-state index contributed by atoms with van der Waals surface area (Å²) in [6.07, 6.45) is 0. The first kappa shape index (κ1) is 12.9. The van der Waals surface area contributed by atoms with E-state index >= 15 is 0 Å². The van der Waals surface area contributed by atoms with Crippen LogP contribution >= 0.6 is 11.6 Å². The van der Waals surface area contributed by atoms with Crippen LogP contribution in [0.1, 0.15) is 19.4 Å². The van der Waals surface area contributed by atoms with E-state index in [2.05, 4.69) is 19.9 Å². The van der Waals surface area contributed by atoms with Crippen molar-refractivity contribution < 1.29 is 4.74 Å². The Labute approximate surface area is 108 Å². The fraction of sp³-hybridized carbons (Fsp3) is 0.571. The zero-order valence-electron chi connectivity index (χ0n) is 10.4. The van der Waals surface area contributed by atoms with Crippen molar-refractivity contribution in [1.29, 1.82) is 0 Å². The molecule has 1 atom stereocenters. The zero-order valence-corrected chi connectivity index (χ0v) is 11.2. The molecule has 1 aromatic carbocycles. The molecule has 2 N–H and O–H groups in total. The first-order chi connectivity index (χ1) is 8.12. The number of hydrogen-bond acceptors (Lipinski definition) is 2. The SMILES string of the molecule is CC(C)C(CN)C1(c2ccccc2Cl)COC1. The Bertz CT molecular complexity index is 388. The minimum absolute atomic E-state index is 0.0151. The second-order valence-electron chi connectivity index (χ2n) is 5.21. The molecule has 1 aliphatic heterocycles.